The van der Waals surface area contributed by atoms with Gasteiger partial charge in [0, 0.05) is 27.7 Å². The Morgan fingerprint density at radius 3 is 2.26 bits per heavy atom. The molecule has 2 aromatic rings. The maximum Gasteiger partial charge on any atom is 0.0660 e. The highest BCUT2D eigenvalue weighted by molar-refractivity contribution is 6.34. The van der Waals surface area contributed by atoms with Crippen LogP contribution in [0.4, 0.5) is 0 Å². The van der Waals surface area contributed by atoms with Gasteiger partial charge in [0.15, 0.2) is 0 Å². The normalized spacial score (nSPS) is 11.0. The van der Waals surface area contributed by atoms with Crippen LogP contribution in [0.25, 0.3) is 0 Å². The Bertz CT molecular complexity index is 568. The fourth-order valence-electron chi connectivity index (χ4n) is 2.39. The summed E-state index contributed by atoms with van der Waals surface area (Å²) in [6, 6.07) is 5.65. The van der Waals surface area contributed by atoms with Gasteiger partial charge in [-0.05, 0) is 36.6 Å². The van der Waals surface area contributed by atoms with Crippen molar-refractivity contribution in [3.63, 3.8) is 0 Å². The van der Waals surface area contributed by atoms with Gasteiger partial charge in [-0.25, -0.2) is 0 Å². The minimum atomic E-state index is 0.667. The molecule has 0 saturated heterocycles. The van der Waals surface area contributed by atoms with E-state index in [0.29, 0.717) is 10.0 Å². The van der Waals surface area contributed by atoms with E-state index in [0.717, 1.165) is 30.5 Å². The van der Waals surface area contributed by atoms with Crippen molar-refractivity contribution in [3.8, 4) is 0 Å². The number of hydrogen-bond donors (Lipinski definition) is 0. The lowest BCUT2D eigenvalue weighted by Gasteiger charge is -2.06. The second kappa shape index (κ2) is 5.98. The summed E-state index contributed by atoms with van der Waals surface area (Å²) in [5.41, 5.74) is 4.63. The number of rotatable bonds is 4. The molecule has 1 aromatic carbocycles. The van der Waals surface area contributed by atoms with Crippen molar-refractivity contribution >= 4 is 23.2 Å². The van der Waals surface area contributed by atoms with Crippen LogP contribution in [-0.2, 0) is 19.3 Å². The van der Waals surface area contributed by atoms with Gasteiger partial charge in [-0.2, -0.15) is 5.10 Å². The summed E-state index contributed by atoms with van der Waals surface area (Å²) >= 11 is 12.1. The van der Waals surface area contributed by atoms with Crippen molar-refractivity contribution in [2.24, 2.45) is 0 Å². The number of aromatic nitrogens is 2. The van der Waals surface area contributed by atoms with Gasteiger partial charge < -0.3 is 0 Å². The van der Waals surface area contributed by atoms with E-state index in [4.69, 9.17) is 23.2 Å². The van der Waals surface area contributed by atoms with Gasteiger partial charge in [-0.1, -0.05) is 37.0 Å². The lowest BCUT2D eigenvalue weighted by Crippen LogP contribution is -1.98. The molecular weight excluding hydrogens is 279 g/mol. The molecule has 4 heteroatoms. The predicted octanol–water partition coefficient (Wildman–Crippen LogP) is 4.55. The van der Waals surface area contributed by atoms with Gasteiger partial charge in [0.25, 0.3) is 0 Å². The van der Waals surface area contributed by atoms with E-state index < -0.39 is 0 Å². The fraction of sp³-hybridized carbons (Fsp3) is 0.333. The number of aryl methyl sites for hydroxylation is 1. The topological polar surface area (TPSA) is 17.8 Å². The minimum Gasteiger partial charge on any atom is -0.267 e. The minimum absolute atomic E-state index is 0.667. The molecule has 0 unspecified atom stereocenters. The SMILES string of the molecule is [CH2]n1nc(CC)c(Cc2cc(Cl)cc(Cl)c2)c1CC. The molecular formula is C15H17Cl2N2. The fourth-order valence-corrected chi connectivity index (χ4v) is 2.96. The van der Waals surface area contributed by atoms with Crippen LogP contribution in [0.3, 0.4) is 0 Å². The van der Waals surface area contributed by atoms with Crippen molar-refractivity contribution in [3.05, 3.63) is 57.8 Å². The lowest BCUT2D eigenvalue weighted by atomic mass is 10.0. The maximum atomic E-state index is 6.05. The van der Waals surface area contributed by atoms with Crippen LogP contribution in [0.15, 0.2) is 18.2 Å². The van der Waals surface area contributed by atoms with E-state index >= 15 is 0 Å². The van der Waals surface area contributed by atoms with Crippen molar-refractivity contribution in [1.29, 1.82) is 0 Å². The zero-order valence-electron chi connectivity index (χ0n) is 11.2. The van der Waals surface area contributed by atoms with Crippen LogP contribution < -0.4 is 0 Å². The van der Waals surface area contributed by atoms with E-state index in [1.807, 2.05) is 12.1 Å². The summed E-state index contributed by atoms with van der Waals surface area (Å²) in [6.07, 6.45) is 2.61. The third-order valence-electron chi connectivity index (χ3n) is 3.22. The van der Waals surface area contributed by atoms with Crippen LogP contribution in [0, 0.1) is 7.05 Å². The molecule has 0 atom stereocenters. The first-order valence-corrected chi connectivity index (χ1v) is 7.16. The summed E-state index contributed by atoms with van der Waals surface area (Å²) in [6.45, 7) is 4.23. The van der Waals surface area contributed by atoms with Gasteiger partial charge in [0.1, 0.15) is 0 Å². The molecule has 2 nitrogen and oxygen atoms in total. The number of nitrogens with zero attached hydrogens (tertiary/aromatic N) is 2. The highest BCUT2D eigenvalue weighted by Crippen LogP contribution is 2.24. The van der Waals surface area contributed by atoms with E-state index in [2.05, 4.69) is 26.0 Å². The van der Waals surface area contributed by atoms with Crippen LogP contribution in [0.1, 0.15) is 36.4 Å². The molecule has 0 N–H and O–H groups in total. The Labute approximate surface area is 124 Å². The molecule has 0 bridgehead atoms. The zero-order valence-corrected chi connectivity index (χ0v) is 12.7. The van der Waals surface area contributed by atoms with Gasteiger partial charge in [0.05, 0.1) is 12.7 Å². The van der Waals surface area contributed by atoms with Crippen LogP contribution >= 0.6 is 23.2 Å². The Morgan fingerprint density at radius 1 is 1.11 bits per heavy atom. The van der Waals surface area contributed by atoms with Crippen LogP contribution in [0.5, 0.6) is 0 Å². The Hall–Kier alpha value is -0.990. The summed E-state index contributed by atoms with van der Waals surface area (Å²) < 4.78 is 1.74. The molecule has 1 aromatic heterocycles. The molecule has 0 saturated carbocycles. The average Bonchev–Trinajstić information content (AvgIpc) is 2.63. The number of halogens is 2. The smallest absolute Gasteiger partial charge is 0.0660 e. The first-order valence-electron chi connectivity index (χ1n) is 6.40. The largest absolute Gasteiger partial charge is 0.267 e. The first-order chi connectivity index (χ1) is 9.05. The second-order valence-electron chi connectivity index (χ2n) is 4.53. The molecule has 1 radical (unpaired) electrons. The zero-order chi connectivity index (χ0) is 14.0. The summed E-state index contributed by atoms with van der Waals surface area (Å²) in [7, 11) is 3.95. The second-order valence-corrected chi connectivity index (χ2v) is 5.41. The number of benzene rings is 1. The highest BCUT2D eigenvalue weighted by atomic mass is 35.5. The van der Waals surface area contributed by atoms with Gasteiger partial charge in [0.2, 0.25) is 0 Å². The van der Waals surface area contributed by atoms with Crippen LogP contribution in [0.2, 0.25) is 10.0 Å². The summed E-state index contributed by atoms with van der Waals surface area (Å²) in [5, 5.41) is 5.81. The monoisotopic (exact) mass is 295 g/mol. The van der Waals surface area contributed by atoms with E-state index in [-0.39, 0.29) is 0 Å². The van der Waals surface area contributed by atoms with E-state index in [1.165, 1.54) is 11.3 Å². The van der Waals surface area contributed by atoms with Gasteiger partial charge in [-0.15, -0.1) is 0 Å². The molecule has 101 valence electrons. The predicted molar refractivity (Wildman–Crippen MR) is 81.0 cm³/mol. The van der Waals surface area contributed by atoms with Crippen molar-refractivity contribution in [1.82, 2.24) is 9.78 Å². The highest BCUT2D eigenvalue weighted by Gasteiger charge is 2.14. The lowest BCUT2D eigenvalue weighted by molar-refractivity contribution is 0.789. The maximum absolute atomic E-state index is 6.05. The first kappa shape index (κ1) is 14.4. The van der Waals surface area contributed by atoms with Gasteiger partial charge in [-0.3, -0.25) is 4.68 Å². The molecule has 0 aliphatic rings. The van der Waals surface area contributed by atoms with Crippen molar-refractivity contribution in [2.45, 2.75) is 33.1 Å². The standard InChI is InChI=1S/C15H17Cl2N2/c1-4-14-13(15(5-2)19(3)18-14)8-10-6-11(16)9-12(17)7-10/h6-7,9H,3-5,8H2,1-2H3. The molecule has 1 heterocycles. The summed E-state index contributed by atoms with van der Waals surface area (Å²) in [4.78, 5) is 0. The molecule has 0 aliphatic heterocycles. The molecule has 2 rings (SSSR count). The van der Waals surface area contributed by atoms with Gasteiger partial charge >= 0.3 is 0 Å². The third kappa shape index (κ3) is 3.13. The molecule has 0 fully saturated rings. The van der Waals surface area contributed by atoms with Crippen LogP contribution in [-0.4, -0.2) is 9.78 Å². The Morgan fingerprint density at radius 2 is 1.74 bits per heavy atom. The molecule has 0 spiro atoms. The van der Waals surface area contributed by atoms with E-state index in [1.54, 1.807) is 10.7 Å². The molecule has 0 aliphatic carbocycles. The average molecular weight is 296 g/mol. The number of hydrogen-bond acceptors (Lipinski definition) is 1. The Balaban J connectivity index is 2.42. The molecule has 0 amide bonds. The quantitative estimate of drug-likeness (QED) is 0.809. The van der Waals surface area contributed by atoms with Crippen molar-refractivity contribution < 1.29 is 0 Å². The third-order valence-corrected chi connectivity index (χ3v) is 3.66. The molecule has 19 heavy (non-hydrogen) atoms. The van der Waals surface area contributed by atoms with E-state index in [9.17, 15) is 0 Å². The summed E-state index contributed by atoms with van der Waals surface area (Å²) in [5.74, 6) is 0. The Kier molecular flexibility index (Phi) is 4.54. The van der Waals surface area contributed by atoms with Crippen molar-refractivity contribution in [2.75, 3.05) is 0 Å².